The number of carbonyl (C=O) groups is 1. The molecule has 5 nitrogen and oxygen atoms in total. The summed E-state index contributed by atoms with van der Waals surface area (Å²) in [6.45, 7) is 2.98. The molecule has 1 rings (SSSR count). The van der Waals surface area contributed by atoms with Gasteiger partial charge in [0.25, 0.3) is 0 Å². The molecular formula is C10H21N3O2. The van der Waals surface area contributed by atoms with E-state index in [1.165, 1.54) is 12.8 Å². The Kier molecular flexibility index (Phi) is 5.01. The fraction of sp³-hybridized carbons (Fsp3) is 0.900. The zero-order valence-corrected chi connectivity index (χ0v) is 9.28. The summed E-state index contributed by atoms with van der Waals surface area (Å²) in [6, 6.07) is 0.954. The van der Waals surface area contributed by atoms with E-state index in [9.17, 15) is 4.79 Å². The van der Waals surface area contributed by atoms with Gasteiger partial charge in [-0.2, -0.15) is 0 Å². The summed E-state index contributed by atoms with van der Waals surface area (Å²) >= 11 is 0. The summed E-state index contributed by atoms with van der Waals surface area (Å²) in [7, 11) is 0. The Labute approximate surface area is 90.6 Å². The second-order valence-electron chi connectivity index (χ2n) is 4.15. The predicted octanol–water partition coefficient (Wildman–Crippen LogP) is -0.398. The molecule has 0 radical (unpaired) electrons. The van der Waals surface area contributed by atoms with Crippen LogP contribution in [0.5, 0.6) is 0 Å². The van der Waals surface area contributed by atoms with Crippen molar-refractivity contribution in [1.82, 2.24) is 10.3 Å². The predicted molar refractivity (Wildman–Crippen MR) is 57.8 cm³/mol. The third kappa shape index (κ3) is 4.15. The number of hydrogen-bond acceptors (Lipinski definition) is 4. The van der Waals surface area contributed by atoms with Gasteiger partial charge in [0.05, 0.1) is 6.61 Å². The number of carbonyl (C=O) groups excluding carboxylic acids is 1. The first-order valence-corrected chi connectivity index (χ1v) is 5.55. The second kappa shape index (κ2) is 6.05. The molecule has 0 saturated heterocycles. The minimum atomic E-state index is -0.124. The molecular weight excluding hydrogens is 194 g/mol. The maximum absolute atomic E-state index is 11.0. The summed E-state index contributed by atoms with van der Waals surface area (Å²) < 4.78 is 0. The lowest BCUT2D eigenvalue weighted by atomic mass is 10.1. The minimum absolute atomic E-state index is 0.124. The summed E-state index contributed by atoms with van der Waals surface area (Å²) in [4.78, 5) is 13.3. The SMILES string of the molecule is CC(CCC(=O)NN)N(CCO)C1CC1. The molecule has 1 amide bonds. The molecule has 1 aliphatic carbocycles. The summed E-state index contributed by atoms with van der Waals surface area (Å²) in [5.74, 6) is 4.89. The molecule has 4 N–H and O–H groups in total. The number of aliphatic hydroxyl groups excluding tert-OH is 1. The number of rotatable bonds is 7. The third-order valence-corrected chi connectivity index (χ3v) is 2.89. The smallest absolute Gasteiger partial charge is 0.233 e. The van der Waals surface area contributed by atoms with Crippen LogP contribution in [0.2, 0.25) is 0 Å². The molecule has 1 unspecified atom stereocenters. The highest BCUT2D eigenvalue weighted by molar-refractivity contribution is 5.75. The quantitative estimate of drug-likeness (QED) is 0.307. The van der Waals surface area contributed by atoms with Crippen molar-refractivity contribution in [2.75, 3.05) is 13.2 Å². The zero-order valence-electron chi connectivity index (χ0n) is 9.28. The monoisotopic (exact) mass is 215 g/mol. The van der Waals surface area contributed by atoms with E-state index in [1.54, 1.807) is 0 Å². The Balaban J connectivity index is 2.28. The highest BCUT2D eigenvalue weighted by Crippen LogP contribution is 2.29. The van der Waals surface area contributed by atoms with E-state index >= 15 is 0 Å². The van der Waals surface area contributed by atoms with E-state index in [2.05, 4.69) is 17.2 Å². The number of hydrogen-bond donors (Lipinski definition) is 3. The summed E-state index contributed by atoms with van der Waals surface area (Å²) in [5, 5.41) is 8.94. The molecule has 1 aliphatic rings. The van der Waals surface area contributed by atoms with Crippen molar-refractivity contribution in [3.63, 3.8) is 0 Å². The van der Waals surface area contributed by atoms with E-state index in [0.717, 1.165) is 6.42 Å². The van der Waals surface area contributed by atoms with Crippen LogP contribution in [0.4, 0.5) is 0 Å². The van der Waals surface area contributed by atoms with Gasteiger partial charge in [0.2, 0.25) is 5.91 Å². The Morgan fingerprint density at radius 3 is 2.80 bits per heavy atom. The first-order valence-electron chi connectivity index (χ1n) is 5.55. The first kappa shape index (κ1) is 12.4. The van der Waals surface area contributed by atoms with Crippen molar-refractivity contribution in [3.8, 4) is 0 Å². The first-order chi connectivity index (χ1) is 7.19. The van der Waals surface area contributed by atoms with Crippen molar-refractivity contribution in [3.05, 3.63) is 0 Å². The van der Waals surface area contributed by atoms with Crippen molar-refractivity contribution < 1.29 is 9.90 Å². The highest BCUT2D eigenvalue weighted by atomic mass is 16.3. The molecule has 0 aromatic carbocycles. The van der Waals surface area contributed by atoms with Gasteiger partial charge >= 0.3 is 0 Å². The molecule has 88 valence electrons. The Morgan fingerprint density at radius 2 is 2.33 bits per heavy atom. The Hall–Kier alpha value is -0.650. The van der Waals surface area contributed by atoms with Gasteiger partial charge in [-0.3, -0.25) is 15.1 Å². The Morgan fingerprint density at radius 1 is 1.67 bits per heavy atom. The molecule has 0 bridgehead atoms. The standard InChI is InChI=1S/C10H21N3O2/c1-8(2-5-10(15)12-11)13(6-7-14)9-3-4-9/h8-9,14H,2-7,11H2,1H3,(H,12,15). The van der Waals surface area contributed by atoms with E-state index in [1.807, 2.05) is 0 Å². The van der Waals surface area contributed by atoms with Crippen LogP contribution in [-0.2, 0) is 4.79 Å². The molecule has 1 saturated carbocycles. The average Bonchev–Trinajstić information content (AvgIpc) is 3.05. The van der Waals surface area contributed by atoms with Gasteiger partial charge in [0.15, 0.2) is 0 Å². The van der Waals surface area contributed by atoms with Crippen molar-refractivity contribution in [1.29, 1.82) is 0 Å². The second-order valence-corrected chi connectivity index (χ2v) is 4.15. The summed E-state index contributed by atoms with van der Waals surface area (Å²) in [5.41, 5.74) is 2.13. The van der Waals surface area contributed by atoms with Crippen LogP contribution < -0.4 is 11.3 Å². The van der Waals surface area contributed by atoms with Crippen LogP contribution in [0.1, 0.15) is 32.6 Å². The molecule has 0 heterocycles. The van der Waals surface area contributed by atoms with Crippen LogP contribution >= 0.6 is 0 Å². The van der Waals surface area contributed by atoms with Gasteiger partial charge in [-0.15, -0.1) is 0 Å². The van der Waals surface area contributed by atoms with E-state index in [0.29, 0.717) is 25.0 Å². The number of nitrogens with one attached hydrogen (secondary N) is 1. The lowest BCUT2D eigenvalue weighted by molar-refractivity contribution is -0.121. The lowest BCUT2D eigenvalue weighted by Crippen LogP contribution is -2.38. The van der Waals surface area contributed by atoms with Gasteiger partial charge in [0, 0.05) is 25.0 Å². The summed E-state index contributed by atoms with van der Waals surface area (Å²) in [6.07, 6.45) is 3.67. The molecule has 0 aromatic rings. The minimum Gasteiger partial charge on any atom is -0.395 e. The maximum Gasteiger partial charge on any atom is 0.233 e. The molecule has 1 fully saturated rings. The van der Waals surface area contributed by atoms with Crippen molar-refractivity contribution in [2.24, 2.45) is 5.84 Å². The lowest BCUT2D eigenvalue weighted by Gasteiger charge is -2.28. The normalized spacial score (nSPS) is 17.9. The molecule has 0 aliphatic heterocycles. The topological polar surface area (TPSA) is 78.6 Å². The largest absolute Gasteiger partial charge is 0.395 e. The molecule has 1 atom stereocenters. The molecule has 0 aromatic heterocycles. The van der Waals surface area contributed by atoms with E-state index < -0.39 is 0 Å². The van der Waals surface area contributed by atoms with Gasteiger partial charge in [0.1, 0.15) is 0 Å². The fourth-order valence-electron chi connectivity index (χ4n) is 1.86. The van der Waals surface area contributed by atoms with Gasteiger partial charge < -0.3 is 5.11 Å². The molecule has 15 heavy (non-hydrogen) atoms. The van der Waals surface area contributed by atoms with Gasteiger partial charge in [-0.1, -0.05) is 0 Å². The highest BCUT2D eigenvalue weighted by Gasteiger charge is 2.31. The third-order valence-electron chi connectivity index (χ3n) is 2.89. The van der Waals surface area contributed by atoms with Gasteiger partial charge in [-0.25, -0.2) is 5.84 Å². The maximum atomic E-state index is 11.0. The van der Waals surface area contributed by atoms with Crippen molar-refractivity contribution in [2.45, 2.75) is 44.7 Å². The molecule has 0 spiro atoms. The average molecular weight is 215 g/mol. The van der Waals surface area contributed by atoms with Crippen LogP contribution in [0.25, 0.3) is 0 Å². The number of hydrazine groups is 1. The van der Waals surface area contributed by atoms with Crippen LogP contribution in [-0.4, -0.2) is 41.1 Å². The van der Waals surface area contributed by atoms with Crippen LogP contribution in [0.15, 0.2) is 0 Å². The zero-order chi connectivity index (χ0) is 11.3. The number of nitrogens with two attached hydrogens (primary N) is 1. The van der Waals surface area contributed by atoms with E-state index in [4.69, 9.17) is 10.9 Å². The number of aliphatic hydroxyl groups is 1. The van der Waals surface area contributed by atoms with Crippen molar-refractivity contribution >= 4 is 5.91 Å². The number of nitrogens with zero attached hydrogens (tertiary/aromatic N) is 1. The Bertz CT molecular complexity index is 207. The number of amides is 1. The molecule has 5 heteroatoms. The van der Waals surface area contributed by atoms with Crippen LogP contribution in [0.3, 0.4) is 0 Å². The van der Waals surface area contributed by atoms with Crippen LogP contribution in [0, 0.1) is 0 Å². The fourth-order valence-corrected chi connectivity index (χ4v) is 1.86. The van der Waals surface area contributed by atoms with E-state index in [-0.39, 0.29) is 12.5 Å². The van der Waals surface area contributed by atoms with Gasteiger partial charge in [-0.05, 0) is 26.2 Å².